The van der Waals surface area contributed by atoms with E-state index in [0.717, 1.165) is 0 Å². The summed E-state index contributed by atoms with van der Waals surface area (Å²) >= 11 is 0. The number of hydrogen-bond donors (Lipinski definition) is 0. The minimum absolute atomic E-state index is 0.0316. The first-order valence-corrected chi connectivity index (χ1v) is 11.5. The molecular weight excluding hydrogens is 421 g/mol. The summed E-state index contributed by atoms with van der Waals surface area (Å²) in [5.74, 6) is -0.920. The van der Waals surface area contributed by atoms with Crippen LogP contribution in [-0.2, 0) is 22.6 Å². The summed E-state index contributed by atoms with van der Waals surface area (Å²) in [6.07, 6.45) is 2.05. The summed E-state index contributed by atoms with van der Waals surface area (Å²) in [4.78, 5) is 20.3. The first-order valence-electron chi connectivity index (χ1n) is 9.80. The Labute approximate surface area is 180 Å². The lowest BCUT2D eigenvalue weighted by Crippen LogP contribution is -2.19. The standard InChI is InChI=1S/C22H24FN3O4S/c1-5-15(3)31(28,29)13-17-11-19(16-9-10-20(27)26(4)12-16)25-22(24-17)30-21-14(2)7-6-8-18(21)23/h6-12,15H,5,13H2,1-4H3/t15-/m1/s1. The molecule has 0 saturated carbocycles. The Kier molecular flexibility index (Phi) is 6.54. The molecule has 0 radical (unpaired) electrons. The van der Waals surface area contributed by atoms with Crippen molar-refractivity contribution in [3.8, 4) is 23.0 Å². The van der Waals surface area contributed by atoms with Crippen LogP contribution >= 0.6 is 0 Å². The SMILES string of the molecule is CC[C@@H](C)S(=O)(=O)Cc1cc(-c2ccc(=O)n(C)c2)nc(Oc2c(C)cccc2F)n1. The zero-order valence-electron chi connectivity index (χ0n) is 17.8. The van der Waals surface area contributed by atoms with Gasteiger partial charge in [-0.2, -0.15) is 9.97 Å². The predicted octanol–water partition coefficient (Wildman–Crippen LogP) is 3.80. The second-order valence-electron chi connectivity index (χ2n) is 7.41. The van der Waals surface area contributed by atoms with Crippen LogP contribution in [-0.4, -0.2) is 28.2 Å². The monoisotopic (exact) mass is 445 g/mol. The maximum Gasteiger partial charge on any atom is 0.322 e. The van der Waals surface area contributed by atoms with E-state index in [1.54, 1.807) is 58.3 Å². The topological polar surface area (TPSA) is 91.2 Å². The van der Waals surface area contributed by atoms with Gasteiger partial charge >= 0.3 is 6.01 Å². The molecule has 3 rings (SSSR count). The smallest absolute Gasteiger partial charge is 0.322 e. The normalized spacial score (nSPS) is 12.5. The number of hydrogen-bond acceptors (Lipinski definition) is 6. The van der Waals surface area contributed by atoms with Crippen molar-refractivity contribution in [3.63, 3.8) is 0 Å². The van der Waals surface area contributed by atoms with E-state index in [4.69, 9.17) is 4.74 Å². The number of halogens is 1. The number of benzene rings is 1. The van der Waals surface area contributed by atoms with Gasteiger partial charge in [0.2, 0.25) is 5.56 Å². The van der Waals surface area contributed by atoms with Gasteiger partial charge in [-0.3, -0.25) is 4.79 Å². The molecule has 7 nitrogen and oxygen atoms in total. The second kappa shape index (κ2) is 8.97. The molecule has 1 aromatic carbocycles. The number of aryl methyl sites for hydroxylation is 2. The Morgan fingerprint density at radius 2 is 1.94 bits per heavy atom. The van der Waals surface area contributed by atoms with Gasteiger partial charge in [-0.15, -0.1) is 0 Å². The van der Waals surface area contributed by atoms with Crippen molar-refractivity contribution >= 4 is 9.84 Å². The number of sulfone groups is 1. The fraction of sp³-hybridized carbons (Fsp3) is 0.318. The Morgan fingerprint density at radius 1 is 1.19 bits per heavy atom. The lowest BCUT2D eigenvalue weighted by atomic mass is 10.2. The number of pyridine rings is 1. The summed E-state index contributed by atoms with van der Waals surface area (Å²) in [5.41, 5.74) is 1.51. The minimum atomic E-state index is -3.46. The zero-order valence-corrected chi connectivity index (χ0v) is 18.6. The van der Waals surface area contributed by atoms with Crippen molar-refractivity contribution in [2.24, 2.45) is 7.05 Å². The van der Waals surface area contributed by atoms with Crippen molar-refractivity contribution in [2.45, 2.75) is 38.2 Å². The van der Waals surface area contributed by atoms with E-state index in [1.165, 1.54) is 16.7 Å². The van der Waals surface area contributed by atoms with Crippen molar-refractivity contribution in [1.29, 1.82) is 0 Å². The Morgan fingerprint density at radius 3 is 2.58 bits per heavy atom. The molecule has 2 heterocycles. The van der Waals surface area contributed by atoms with Gasteiger partial charge in [0.1, 0.15) is 0 Å². The van der Waals surface area contributed by atoms with Gasteiger partial charge < -0.3 is 9.30 Å². The van der Waals surface area contributed by atoms with Crippen LogP contribution in [0.1, 0.15) is 31.5 Å². The van der Waals surface area contributed by atoms with E-state index < -0.39 is 20.9 Å². The van der Waals surface area contributed by atoms with Gasteiger partial charge in [0.25, 0.3) is 0 Å². The molecular formula is C22H24FN3O4S. The van der Waals surface area contributed by atoms with Gasteiger partial charge in [-0.25, -0.2) is 12.8 Å². The number of para-hydroxylation sites is 1. The molecule has 3 aromatic rings. The third-order valence-electron chi connectivity index (χ3n) is 5.03. The van der Waals surface area contributed by atoms with Crippen LogP contribution < -0.4 is 10.3 Å². The second-order valence-corrected chi connectivity index (χ2v) is 9.83. The predicted molar refractivity (Wildman–Crippen MR) is 116 cm³/mol. The van der Waals surface area contributed by atoms with Crippen LogP contribution in [0.2, 0.25) is 0 Å². The van der Waals surface area contributed by atoms with Crippen molar-refractivity contribution in [3.05, 3.63) is 70.0 Å². The lowest BCUT2D eigenvalue weighted by Gasteiger charge is -2.13. The van der Waals surface area contributed by atoms with E-state index in [9.17, 15) is 17.6 Å². The molecule has 0 fully saturated rings. The van der Waals surface area contributed by atoms with E-state index >= 15 is 0 Å². The molecule has 1 atom stereocenters. The number of ether oxygens (including phenoxy) is 1. The fourth-order valence-electron chi connectivity index (χ4n) is 2.93. The first-order chi connectivity index (χ1) is 14.6. The molecule has 0 aliphatic rings. The quantitative estimate of drug-likeness (QED) is 0.549. The highest BCUT2D eigenvalue weighted by Crippen LogP contribution is 2.28. The molecule has 0 saturated heterocycles. The zero-order chi connectivity index (χ0) is 22.8. The minimum Gasteiger partial charge on any atom is -0.421 e. The summed E-state index contributed by atoms with van der Waals surface area (Å²) in [7, 11) is -1.86. The van der Waals surface area contributed by atoms with Crippen LogP contribution in [0.5, 0.6) is 11.8 Å². The van der Waals surface area contributed by atoms with Crippen molar-refractivity contribution in [2.75, 3.05) is 0 Å². The largest absolute Gasteiger partial charge is 0.421 e. The summed E-state index contributed by atoms with van der Waals surface area (Å²) in [5, 5.41) is -0.540. The molecule has 31 heavy (non-hydrogen) atoms. The molecule has 0 bridgehead atoms. The molecule has 0 unspecified atom stereocenters. The van der Waals surface area contributed by atoms with Crippen LogP contribution in [0.3, 0.4) is 0 Å². The first kappa shape index (κ1) is 22.6. The maximum atomic E-state index is 14.3. The van der Waals surface area contributed by atoms with Crippen LogP contribution in [0.25, 0.3) is 11.3 Å². The number of nitrogens with zero attached hydrogens (tertiary/aromatic N) is 3. The summed E-state index contributed by atoms with van der Waals surface area (Å²) in [6, 6.07) is 8.83. The molecule has 0 aliphatic carbocycles. The van der Waals surface area contributed by atoms with Gasteiger partial charge in [0.15, 0.2) is 21.4 Å². The molecule has 0 spiro atoms. The fourth-order valence-corrected chi connectivity index (χ4v) is 4.28. The third kappa shape index (κ3) is 5.16. The average Bonchev–Trinajstić information content (AvgIpc) is 2.71. The average molecular weight is 446 g/mol. The number of aromatic nitrogens is 3. The number of rotatable bonds is 7. The van der Waals surface area contributed by atoms with Crippen LogP contribution in [0.15, 0.2) is 47.4 Å². The summed E-state index contributed by atoms with van der Waals surface area (Å²) in [6.45, 7) is 5.13. The van der Waals surface area contributed by atoms with Gasteiger partial charge in [0.05, 0.1) is 22.4 Å². The van der Waals surface area contributed by atoms with E-state index in [0.29, 0.717) is 23.2 Å². The highest BCUT2D eigenvalue weighted by Gasteiger charge is 2.22. The molecule has 0 amide bonds. The van der Waals surface area contributed by atoms with Gasteiger partial charge in [0, 0.05) is 24.9 Å². The highest BCUT2D eigenvalue weighted by atomic mass is 32.2. The van der Waals surface area contributed by atoms with E-state index in [1.807, 2.05) is 0 Å². The van der Waals surface area contributed by atoms with E-state index in [-0.39, 0.29) is 28.8 Å². The Hall–Kier alpha value is -3.07. The lowest BCUT2D eigenvalue weighted by molar-refractivity contribution is 0.407. The van der Waals surface area contributed by atoms with Gasteiger partial charge in [-0.1, -0.05) is 19.1 Å². The highest BCUT2D eigenvalue weighted by molar-refractivity contribution is 7.91. The van der Waals surface area contributed by atoms with Crippen molar-refractivity contribution in [1.82, 2.24) is 14.5 Å². The molecule has 2 aromatic heterocycles. The summed E-state index contributed by atoms with van der Waals surface area (Å²) < 4.78 is 46.6. The molecule has 0 N–H and O–H groups in total. The van der Waals surface area contributed by atoms with Crippen LogP contribution in [0.4, 0.5) is 4.39 Å². The maximum absolute atomic E-state index is 14.3. The van der Waals surface area contributed by atoms with Crippen LogP contribution in [0, 0.1) is 12.7 Å². The Bertz CT molecular complexity index is 1250. The van der Waals surface area contributed by atoms with Gasteiger partial charge in [-0.05, 0) is 44.0 Å². The molecule has 9 heteroatoms. The molecule has 0 aliphatic heterocycles. The van der Waals surface area contributed by atoms with Crippen molar-refractivity contribution < 1.29 is 17.5 Å². The molecule has 164 valence electrons. The third-order valence-corrected chi connectivity index (χ3v) is 7.29. The van der Waals surface area contributed by atoms with E-state index in [2.05, 4.69) is 9.97 Å². The Balaban J connectivity index is 2.11.